The summed E-state index contributed by atoms with van der Waals surface area (Å²) in [5, 5.41) is 19.3. The van der Waals surface area contributed by atoms with Crippen LogP contribution in [0.3, 0.4) is 0 Å². The molecule has 134 valence electrons. The van der Waals surface area contributed by atoms with Crippen molar-refractivity contribution in [3.8, 4) is 5.75 Å². The van der Waals surface area contributed by atoms with Crippen LogP contribution in [0.15, 0.2) is 35.0 Å². The highest BCUT2D eigenvalue weighted by molar-refractivity contribution is 7.99. The van der Waals surface area contributed by atoms with Crippen LogP contribution in [0.2, 0.25) is 0 Å². The zero-order chi connectivity index (χ0) is 18.2. The number of aliphatic carboxylic acids is 1. The largest absolute Gasteiger partial charge is 0.505 e. The van der Waals surface area contributed by atoms with E-state index in [1.54, 1.807) is 18.3 Å². The van der Waals surface area contributed by atoms with Crippen molar-refractivity contribution in [1.82, 2.24) is 4.98 Å². The van der Waals surface area contributed by atoms with E-state index >= 15 is 0 Å². The van der Waals surface area contributed by atoms with E-state index in [1.165, 1.54) is 17.8 Å². The molecule has 6 nitrogen and oxygen atoms in total. The predicted molar refractivity (Wildman–Crippen MR) is 96.0 cm³/mol. The molecule has 1 atom stereocenters. The summed E-state index contributed by atoms with van der Waals surface area (Å²) in [6, 6.07) is 3.21. The Morgan fingerprint density at radius 1 is 1.46 bits per heavy atom. The predicted octanol–water partition coefficient (Wildman–Crippen LogP) is 3.60. The lowest BCUT2D eigenvalue weighted by atomic mass is 10.2. The Bertz CT molecular complexity index is 633. The van der Waals surface area contributed by atoms with Crippen molar-refractivity contribution in [3.63, 3.8) is 0 Å². The van der Waals surface area contributed by atoms with Gasteiger partial charge < -0.3 is 15.1 Å². The van der Waals surface area contributed by atoms with E-state index in [1.807, 2.05) is 13.8 Å². The van der Waals surface area contributed by atoms with E-state index in [4.69, 9.17) is 0 Å². The number of nitrogens with zero attached hydrogens (tertiary/aromatic N) is 1. The van der Waals surface area contributed by atoms with Crippen LogP contribution in [0.4, 0.5) is 0 Å². The van der Waals surface area contributed by atoms with Crippen molar-refractivity contribution in [2.24, 2.45) is 5.92 Å². The monoisotopic (exact) mass is 373 g/mol. The van der Waals surface area contributed by atoms with E-state index in [0.29, 0.717) is 23.6 Å². The van der Waals surface area contributed by atoms with Gasteiger partial charge in [-0.25, -0.2) is 9.78 Å². The Balaban J connectivity index is 2.51. The minimum atomic E-state index is -3.47. The normalized spacial score (nSPS) is 14.6. The van der Waals surface area contributed by atoms with Crippen LogP contribution in [0.5, 0.6) is 5.75 Å². The van der Waals surface area contributed by atoms with Gasteiger partial charge in [-0.3, -0.25) is 4.57 Å². The second-order valence-corrected chi connectivity index (χ2v) is 9.39. The summed E-state index contributed by atoms with van der Waals surface area (Å²) in [5.74, 6) is -0.322. The number of allylic oxidation sites excluding steroid dienone is 1. The molecule has 0 saturated carbocycles. The molecule has 1 unspecified atom stereocenters. The summed E-state index contributed by atoms with van der Waals surface area (Å²) in [6.07, 6.45) is 4.10. The molecule has 0 aliphatic carbocycles. The number of aromatic nitrogens is 1. The van der Waals surface area contributed by atoms with Crippen LogP contribution >= 0.6 is 19.1 Å². The first-order valence-electron chi connectivity index (χ1n) is 7.71. The summed E-state index contributed by atoms with van der Waals surface area (Å²) in [5.41, 5.74) is -0.00725. The number of hydrogen-bond acceptors (Lipinski definition) is 5. The first-order valence-corrected chi connectivity index (χ1v) is 10.7. The van der Waals surface area contributed by atoms with Crippen LogP contribution in [-0.2, 0) is 9.36 Å². The lowest BCUT2D eigenvalue weighted by Crippen LogP contribution is -2.09. The van der Waals surface area contributed by atoms with Crippen molar-refractivity contribution in [3.05, 3.63) is 30.0 Å². The van der Waals surface area contributed by atoms with Crippen LogP contribution in [0, 0.1) is 5.92 Å². The third-order valence-electron chi connectivity index (χ3n) is 3.07. The van der Waals surface area contributed by atoms with Crippen molar-refractivity contribution >= 4 is 25.1 Å². The van der Waals surface area contributed by atoms with E-state index in [0.717, 1.165) is 0 Å². The molecule has 24 heavy (non-hydrogen) atoms. The maximum absolute atomic E-state index is 12.1. The highest BCUT2D eigenvalue weighted by Gasteiger charge is 2.24. The molecule has 0 aliphatic heterocycles. The van der Waals surface area contributed by atoms with Gasteiger partial charge in [-0.2, -0.15) is 0 Å². The van der Waals surface area contributed by atoms with Crippen molar-refractivity contribution in [1.29, 1.82) is 0 Å². The minimum Gasteiger partial charge on any atom is -0.505 e. The molecule has 8 heteroatoms. The Morgan fingerprint density at radius 2 is 2.17 bits per heavy atom. The average Bonchev–Trinajstić information content (AvgIpc) is 2.45. The second kappa shape index (κ2) is 9.87. The van der Waals surface area contributed by atoms with Crippen molar-refractivity contribution in [2.75, 3.05) is 18.1 Å². The minimum absolute atomic E-state index is 0.00725. The van der Waals surface area contributed by atoms with E-state index < -0.39 is 13.3 Å². The van der Waals surface area contributed by atoms with Gasteiger partial charge in [0.25, 0.3) is 0 Å². The number of aromatic hydroxyl groups is 1. The lowest BCUT2D eigenvalue weighted by molar-refractivity contribution is -0.132. The van der Waals surface area contributed by atoms with Gasteiger partial charge in [0.05, 0.1) is 6.16 Å². The summed E-state index contributed by atoms with van der Waals surface area (Å²) < 4.78 is 12.1. The standard InChI is InChI=1S/C16H24NO5PS/c1-12(2)10-23(21,22)11-13(16(19)20)6-3-4-9-24-15-14(18)7-5-8-17-15/h5-8,12,18H,3-4,9-11H2,1-2H3,(H,19,20)(H,21,22)/b13-6-. The van der Waals surface area contributed by atoms with Crippen LogP contribution in [0.1, 0.15) is 26.7 Å². The molecule has 0 amide bonds. The highest BCUT2D eigenvalue weighted by atomic mass is 32.2. The van der Waals surface area contributed by atoms with Gasteiger partial charge in [-0.1, -0.05) is 19.9 Å². The maximum Gasteiger partial charge on any atom is 0.331 e. The molecule has 1 heterocycles. The number of rotatable bonds is 10. The molecule has 0 aromatic carbocycles. The maximum atomic E-state index is 12.1. The number of unbranched alkanes of at least 4 members (excludes halogenated alkanes) is 1. The molecule has 1 aromatic heterocycles. The van der Waals surface area contributed by atoms with Gasteiger partial charge in [0.15, 0.2) is 0 Å². The summed E-state index contributed by atoms with van der Waals surface area (Å²) in [7, 11) is -3.47. The lowest BCUT2D eigenvalue weighted by Gasteiger charge is -2.14. The van der Waals surface area contributed by atoms with E-state index in [2.05, 4.69) is 4.98 Å². The van der Waals surface area contributed by atoms with Crippen LogP contribution in [-0.4, -0.2) is 44.1 Å². The molecule has 1 rings (SSSR count). The third kappa shape index (κ3) is 7.99. The van der Waals surface area contributed by atoms with Gasteiger partial charge in [-0.15, -0.1) is 11.8 Å². The third-order valence-corrected chi connectivity index (χ3v) is 6.29. The molecule has 1 aromatic rings. The summed E-state index contributed by atoms with van der Waals surface area (Å²) in [4.78, 5) is 25.2. The van der Waals surface area contributed by atoms with Crippen LogP contribution < -0.4 is 0 Å². The van der Waals surface area contributed by atoms with Crippen molar-refractivity contribution in [2.45, 2.75) is 31.7 Å². The molecule has 0 bridgehead atoms. The Kier molecular flexibility index (Phi) is 8.53. The fraction of sp³-hybridized carbons (Fsp3) is 0.500. The molecule has 0 spiro atoms. The van der Waals surface area contributed by atoms with Gasteiger partial charge in [-0.05, 0) is 36.6 Å². The zero-order valence-corrected chi connectivity index (χ0v) is 15.6. The number of hydrogen-bond donors (Lipinski definition) is 3. The van der Waals surface area contributed by atoms with Gasteiger partial charge in [0, 0.05) is 17.9 Å². The first kappa shape index (κ1) is 20.7. The number of carboxylic acid groups (broad SMARTS) is 1. The fourth-order valence-electron chi connectivity index (χ4n) is 2.14. The van der Waals surface area contributed by atoms with Gasteiger partial charge in [0.2, 0.25) is 7.37 Å². The molecular weight excluding hydrogens is 349 g/mol. The number of thioether (sulfide) groups is 1. The number of carboxylic acids is 1. The Morgan fingerprint density at radius 3 is 2.75 bits per heavy atom. The molecule has 3 N–H and O–H groups in total. The summed E-state index contributed by atoms with van der Waals surface area (Å²) >= 11 is 1.39. The summed E-state index contributed by atoms with van der Waals surface area (Å²) in [6.45, 7) is 3.66. The Hall–Kier alpha value is -1.30. The second-order valence-electron chi connectivity index (χ2n) is 5.93. The quantitative estimate of drug-likeness (QED) is 0.249. The SMILES string of the molecule is CC(C)CP(=O)(O)C/C(=C/CCCSc1ncccc1O)C(=O)O. The van der Waals surface area contributed by atoms with Crippen molar-refractivity contribution < 1.29 is 24.5 Å². The van der Waals surface area contributed by atoms with E-state index in [-0.39, 0.29) is 29.6 Å². The number of pyridine rings is 1. The van der Waals surface area contributed by atoms with Gasteiger partial charge >= 0.3 is 5.97 Å². The Labute approximate surface area is 146 Å². The van der Waals surface area contributed by atoms with E-state index in [9.17, 15) is 24.5 Å². The smallest absolute Gasteiger partial charge is 0.331 e. The molecule has 0 fully saturated rings. The van der Waals surface area contributed by atoms with Gasteiger partial charge in [0.1, 0.15) is 10.8 Å². The molecule has 0 radical (unpaired) electrons. The number of carbonyl (C=O) groups is 1. The van der Waals surface area contributed by atoms with Crippen LogP contribution in [0.25, 0.3) is 0 Å². The average molecular weight is 373 g/mol. The fourth-order valence-corrected chi connectivity index (χ4v) is 5.07. The zero-order valence-electron chi connectivity index (χ0n) is 13.9. The molecular formula is C16H24NO5PS. The topological polar surface area (TPSA) is 108 Å². The first-order chi connectivity index (χ1) is 11.2. The molecule has 0 aliphatic rings. The highest BCUT2D eigenvalue weighted by Crippen LogP contribution is 2.44. The molecule has 0 saturated heterocycles.